The number of aliphatic carboxylic acids is 1. The van der Waals surface area contributed by atoms with E-state index in [1.165, 1.54) is 28.4 Å². The van der Waals surface area contributed by atoms with Gasteiger partial charge < -0.3 is 27.1 Å². The minimum atomic E-state index is -1.37. The minimum Gasteiger partial charge on any atom is -0.543 e. The van der Waals surface area contributed by atoms with Gasteiger partial charge in [0.2, 0.25) is 17.5 Å². The zero-order chi connectivity index (χ0) is 19.2. The molecule has 1 amide bonds. The van der Waals surface area contributed by atoms with E-state index in [9.17, 15) is 14.7 Å². The van der Waals surface area contributed by atoms with Gasteiger partial charge in [0.25, 0.3) is 0 Å². The summed E-state index contributed by atoms with van der Waals surface area (Å²) in [6.07, 6.45) is 0. The summed E-state index contributed by atoms with van der Waals surface area (Å²) in [5.41, 5.74) is 19.0. The van der Waals surface area contributed by atoms with Crippen LogP contribution in [0.15, 0.2) is 16.4 Å². The van der Waals surface area contributed by atoms with Crippen LogP contribution in [0.1, 0.15) is 12.5 Å². The fourth-order valence-corrected chi connectivity index (χ4v) is 5.44. The molecule has 9 nitrogen and oxygen atoms in total. The second-order valence-corrected chi connectivity index (χ2v) is 8.05. The molecule has 1 aromatic rings. The van der Waals surface area contributed by atoms with Crippen molar-refractivity contribution in [2.45, 2.75) is 37.0 Å². The number of fused-ring (bicyclic) bond motifs is 1. The maximum Gasteiger partial charge on any atom is 0.301 e. The fraction of sp³-hybridized carbons (Fsp3) is 0.467. The third-order valence-electron chi connectivity index (χ3n) is 4.48. The molecule has 0 spiro atoms. The van der Waals surface area contributed by atoms with Crippen molar-refractivity contribution in [1.82, 2.24) is 9.88 Å². The summed E-state index contributed by atoms with van der Waals surface area (Å²) in [4.78, 5) is 29.2. The number of carboxylic acids is 1. The molecule has 0 aromatic carbocycles. The van der Waals surface area contributed by atoms with Crippen molar-refractivity contribution in [3.63, 3.8) is 0 Å². The Morgan fingerprint density at radius 3 is 2.81 bits per heavy atom. The molecular weight excluding hydrogens is 376 g/mol. The fourth-order valence-electron chi connectivity index (χ4n) is 2.93. The molecule has 2 atom stereocenters. The molecule has 2 aliphatic rings. The van der Waals surface area contributed by atoms with Crippen molar-refractivity contribution in [3.8, 4) is 0 Å². The lowest BCUT2D eigenvalue weighted by molar-refractivity contribution is -0.720. The molecule has 1 saturated heterocycles. The summed E-state index contributed by atoms with van der Waals surface area (Å²) in [6.45, 7) is 4.33. The number of nitrogen functional groups attached to an aromatic ring is 2. The van der Waals surface area contributed by atoms with Gasteiger partial charge in [0.15, 0.2) is 0 Å². The number of carbonyl (C=O) groups excluding carboxylic acids is 2. The number of nitrogens with zero attached hydrogens (tertiary/aromatic N) is 3. The van der Waals surface area contributed by atoms with Gasteiger partial charge in [0.05, 0.1) is 23.8 Å². The summed E-state index contributed by atoms with van der Waals surface area (Å²) < 4.78 is 1.82. The lowest BCUT2D eigenvalue weighted by Gasteiger charge is -2.49. The SMILES string of the molecule is CC[n+]1c(SCC2=C(C(=O)[O-])N3C(=O)C(N)[C@H]3SC2)nc(N)c(C)c1N. The molecule has 0 bridgehead atoms. The molecular formula is C15H20N6O3S2. The van der Waals surface area contributed by atoms with E-state index in [0.717, 1.165) is 0 Å². The Morgan fingerprint density at radius 1 is 1.50 bits per heavy atom. The number of aromatic nitrogens is 2. The van der Waals surface area contributed by atoms with Crippen molar-refractivity contribution in [1.29, 1.82) is 0 Å². The summed E-state index contributed by atoms with van der Waals surface area (Å²) >= 11 is 2.78. The number of thioether (sulfide) groups is 2. The van der Waals surface area contributed by atoms with Crippen LogP contribution in [-0.4, -0.2) is 44.7 Å². The van der Waals surface area contributed by atoms with E-state index in [-0.39, 0.29) is 11.1 Å². The van der Waals surface area contributed by atoms with E-state index in [1.807, 2.05) is 11.5 Å². The molecule has 3 heterocycles. The first-order chi connectivity index (χ1) is 12.3. The van der Waals surface area contributed by atoms with E-state index >= 15 is 0 Å². The Balaban J connectivity index is 1.89. The molecule has 6 N–H and O–H groups in total. The van der Waals surface area contributed by atoms with Gasteiger partial charge >= 0.3 is 5.16 Å². The van der Waals surface area contributed by atoms with Gasteiger partial charge in [-0.3, -0.25) is 9.69 Å². The van der Waals surface area contributed by atoms with Crippen LogP contribution in [0.3, 0.4) is 0 Å². The van der Waals surface area contributed by atoms with Gasteiger partial charge in [0, 0.05) is 11.5 Å². The number of β-lactam (4-membered cyclic amide) rings is 1. The van der Waals surface area contributed by atoms with E-state index < -0.39 is 17.9 Å². The average molecular weight is 396 g/mol. The number of hydrogen-bond acceptors (Lipinski definition) is 9. The van der Waals surface area contributed by atoms with Crippen molar-refractivity contribution in [3.05, 3.63) is 16.8 Å². The first-order valence-electron chi connectivity index (χ1n) is 7.99. The second kappa shape index (κ2) is 6.97. The molecule has 26 heavy (non-hydrogen) atoms. The van der Waals surface area contributed by atoms with E-state index in [2.05, 4.69) is 4.98 Å². The molecule has 1 aromatic heterocycles. The molecule has 0 aliphatic carbocycles. The van der Waals surface area contributed by atoms with Crippen molar-refractivity contribution >= 4 is 47.0 Å². The van der Waals surface area contributed by atoms with Gasteiger partial charge in [-0.2, -0.15) is 0 Å². The zero-order valence-electron chi connectivity index (χ0n) is 14.4. The molecule has 0 radical (unpaired) electrons. The third-order valence-corrected chi connectivity index (χ3v) is 6.90. The number of hydrogen-bond donors (Lipinski definition) is 3. The van der Waals surface area contributed by atoms with Crippen LogP contribution in [0.4, 0.5) is 11.6 Å². The highest BCUT2D eigenvalue weighted by Gasteiger charge is 2.50. The minimum absolute atomic E-state index is 0.0796. The Bertz CT molecular complexity index is 828. The quantitative estimate of drug-likeness (QED) is 0.226. The smallest absolute Gasteiger partial charge is 0.301 e. The highest BCUT2D eigenvalue weighted by atomic mass is 32.2. The maximum absolute atomic E-state index is 12.0. The van der Waals surface area contributed by atoms with Gasteiger partial charge in [-0.05, 0) is 31.2 Å². The highest BCUT2D eigenvalue weighted by molar-refractivity contribution is 8.01. The molecule has 3 rings (SSSR count). The van der Waals surface area contributed by atoms with Crippen LogP contribution in [0.2, 0.25) is 0 Å². The predicted octanol–water partition coefficient (Wildman–Crippen LogP) is -1.80. The van der Waals surface area contributed by atoms with E-state index in [0.29, 0.717) is 46.0 Å². The summed E-state index contributed by atoms with van der Waals surface area (Å²) in [5, 5.41) is 11.9. The topological polar surface area (TPSA) is 155 Å². The Kier molecular flexibility index (Phi) is 5.04. The lowest BCUT2D eigenvalue weighted by atomic mass is 10.0. The van der Waals surface area contributed by atoms with Crippen LogP contribution < -0.4 is 26.9 Å². The monoisotopic (exact) mass is 396 g/mol. The van der Waals surface area contributed by atoms with Crippen LogP contribution in [0.25, 0.3) is 0 Å². The largest absolute Gasteiger partial charge is 0.543 e. The number of carbonyl (C=O) groups is 2. The first-order valence-corrected chi connectivity index (χ1v) is 10.0. The number of anilines is 2. The summed E-state index contributed by atoms with van der Waals surface area (Å²) in [7, 11) is 0. The van der Waals surface area contributed by atoms with Crippen LogP contribution in [0.5, 0.6) is 0 Å². The van der Waals surface area contributed by atoms with Crippen LogP contribution >= 0.6 is 23.5 Å². The summed E-state index contributed by atoms with van der Waals surface area (Å²) in [6, 6.07) is -0.663. The van der Waals surface area contributed by atoms with Gasteiger partial charge in [-0.15, -0.1) is 11.8 Å². The molecule has 1 fully saturated rings. The second-order valence-electron chi connectivity index (χ2n) is 6.00. The highest BCUT2D eigenvalue weighted by Crippen LogP contribution is 2.40. The van der Waals surface area contributed by atoms with Gasteiger partial charge in [-0.25, -0.2) is 4.57 Å². The van der Waals surface area contributed by atoms with Crippen molar-refractivity contribution in [2.24, 2.45) is 5.73 Å². The molecule has 1 unspecified atom stereocenters. The van der Waals surface area contributed by atoms with E-state index in [1.54, 1.807) is 6.92 Å². The summed E-state index contributed by atoms with van der Waals surface area (Å²) in [5.74, 6) is -0.109. The average Bonchev–Trinajstić information content (AvgIpc) is 2.62. The van der Waals surface area contributed by atoms with Crippen molar-refractivity contribution in [2.75, 3.05) is 23.0 Å². The first kappa shape index (κ1) is 18.8. The Morgan fingerprint density at radius 2 is 2.19 bits per heavy atom. The third kappa shape index (κ3) is 2.89. The molecule has 0 saturated carbocycles. The van der Waals surface area contributed by atoms with Gasteiger partial charge in [0.1, 0.15) is 11.4 Å². The number of amides is 1. The van der Waals surface area contributed by atoms with Crippen molar-refractivity contribution < 1.29 is 19.3 Å². The Hall–Kier alpha value is -1.98. The van der Waals surface area contributed by atoms with Crippen LogP contribution in [0, 0.1) is 6.92 Å². The lowest BCUT2D eigenvalue weighted by Crippen LogP contribution is -2.69. The molecule has 11 heteroatoms. The number of nitrogens with two attached hydrogens (primary N) is 3. The Labute approximate surface area is 159 Å². The standard InChI is InChI=1S/C15H20N6O3S2/c1-3-20-11(18)6(2)10(17)19-15(20)26-5-7-4-25-13-8(16)12(22)21(13)9(7)14(23)24/h8,13H,3-5,16H2,1-2H3,(H4,17,18,23,24)/t8?,13-/m1/s1. The number of carboxylic acid groups (broad SMARTS) is 1. The zero-order valence-corrected chi connectivity index (χ0v) is 16.0. The molecule has 2 aliphatic heterocycles. The van der Waals surface area contributed by atoms with E-state index in [4.69, 9.17) is 17.2 Å². The predicted molar refractivity (Wildman–Crippen MR) is 97.5 cm³/mol. The van der Waals surface area contributed by atoms with Gasteiger partial charge in [-0.1, -0.05) is 4.98 Å². The van der Waals surface area contributed by atoms with Crippen LogP contribution in [-0.2, 0) is 16.1 Å². The molecule has 140 valence electrons. The number of rotatable bonds is 5. The normalized spacial score (nSPS) is 22.3. The maximum atomic E-state index is 12.0.